The lowest BCUT2D eigenvalue weighted by atomic mass is 10.2. The molecule has 1 aromatic heterocycles. The van der Waals surface area contributed by atoms with Crippen molar-refractivity contribution in [2.75, 3.05) is 11.1 Å². The SMILES string of the molecule is N#Cc1ccc(NC(=O)CCSc2nnc(-c3ccc(OC(F)F)cc3)o2)cc1Cl. The lowest BCUT2D eigenvalue weighted by Gasteiger charge is -2.05. The molecule has 1 amide bonds. The number of amides is 1. The first kappa shape index (κ1) is 21.5. The van der Waals surface area contributed by atoms with Crippen molar-refractivity contribution in [1.82, 2.24) is 10.2 Å². The zero-order chi connectivity index (χ0) is 21.5. The molecule has 0 unspecified atom stereocenters. The molecule has 2 aromatic carbocycles. The van der Waals surface area contributed by atoms with Crippen molar-refractivity contribution >= 4 is 35.0 Å². The largest absolute Gasteiger partial charge is 0.435 e. The van der Waals surface area contributed by atoms with E-state index in [0.717, 1.165) is 0 Å². The lowest BCUT2D eigenvalue weighted by Crippen LogP contribution is -2.12. The van der Waals surface area contributed by atoms with Crippen LogP contribution in [0.3, 0.4) is 0 Å². The molecule has 154 valence electrons. The molecule has 0 atom stereocenters. The van der Waals surface area contributed by atoms with Crippen molar-refractivity contribution in [3.8, 4) is 23.3 Å². The Labute approximate surface area is 179 Å². The number of hydrogen-bond donors (Lipinski definition) is 1. The minimum Gasteiger partial charge on any atom is -0.435 e. The van der Waals surface area contributed by atoms with Gasteiger partial charge in [0.2, 0.25) is 11.8 Å². The van der Waals surface area contributed by atoms with Gasteiger partial charge in [-0.1, -0.05) is 23.4 Å². The zero-order valence-corrected chi connectivity index (χ0v) is 16.7. The Morgan fingerprint density at radius 3 is 2.70 bits per heavy atom. The summed E-state index contributed by atoms with van der Waals surface area (Å²) in [5.41, 5.74) is 1.37. The topological polar surface area (TPSA) is 101 Å². The van der Waals surface area contributed by atoms with Crippen molar-refractivity contribution in [3.63, 3.8) is 0 Å². The summed E-state index contributed by atoms with van der Waals surface area (Å²) in [7, 11) is 0. The number of ether oxygens (including phenoxy) is 1. The number of nitrogens with zero attached hydrogens (tertiary/aromatic N) is 3. The Kier molecular flexibility index (Phi) is 7.21. The van der Waals surface area contributed by atoms with Crippen LogP contribution in [-0.2, 0) is 4.79 Å². The second-order valence-corrected chi connectivity index (χ2v) is 7.18. The smallest absolute Gasteiger partial charge is 0.387 e. The van der Waals surface area contributed by atoms with Crippen LogP contribution in [0.5, 0.6) is 5.75 Å². The van der Waals surface area contributed by atoms with E-state index in [1.165, 1.54) is 48.2 Å². The van der Waals surface area contributed by atoms with Crippen molar-refractivity contribution in [2.24, 2.45) is 0 Å². The van der Waals surface area contributed by atoms with Gasteiger partial charge in [0.1, 0.15) is 11.8 Å². The summed E-state index contributed by atoms with van der Waals surface area (Å²) in [5, 5.41) is 19.9. The van der Waals surface area contributed by atoms with Gasteiger partial charge in [-0.15, -0.1) is 10.2 Å². The molecule has 3 rings (SSSR count). The summed E-state index contributed by atoms with van der Waals surface area (Å²) >= 11 is 7.14. The van der Waals surface area contributed by atoms with Gasteiger partial charge < -0.3 is 14.5 Å². The molecule has 0 fully saturated rings. The van der Waals surface area contributed by atoms with Crippen LogP contribution in [0.15, 0.2) is 52.1 Å². The highest BCUT2D eigenvalue weighted by Gasteiger charge is 2.12. The Morgan fingerprint density at radius 2 is 2.03 bits per heavy atom. The van der Waals surface area contributed by atoms with Crippen LogP contribution in [0.1, 0.15) is 12.0 Å². The molecule has 1 heterocycles. The van der Waals surface area contributed by atoms with E-state index in [9.17, 15) is 13.6 Å². The fraction of sp³-hybridized carbons (Fsp3) is 0.158. The number of halogens is 3. The molecule has 0 radical (unpaired) electrons. The molecule has 0 saturated heterocycles. The standard InChI is InChI=1S/C19H13ClF2N4O3S/c20-15-9-13(4-1-12(15)10-23)24-16(27)7-8-30-19-26-25-17(29-19)11-2-5-14(6-3-11)28-18(21)22/h1-6,9,18H,7-8H2,(H,24,27). The molecule has 0 saturated carbocycles. The van der Waals surface area contributed by atoms with Crippen LogP contribution < -0.4 is 10.1 Å². The zero-order valence-electron chi connectivity index (χ0n) is 15.1. The number of anilines is 1. The summed E-state index contributed by atoms with van der Waals surface area (Å²) in [6.07, 6.45) is 0.180. The molecule has 0 aliphatic rings. The van der Waals surface area contributed by atoms with Gasteiger partial charge >= 0.3 is 6.61 Å². The van der Waals surface area contributed by atoms with Crippen molar-refractivity contribution < 1.29 is 22.7 Å². The Balaban J connectivity index is 1.49. The first-order chi connectivity index (χ1) is 14.4. The second kappa shape index (κ2) is 10.0. The molecular weight excluding hydrogens is 438 g/mol. The Hall–Kier alpha value is -3.16. The average molecular weight is 451 g/mol. The summed E-state index contributed by atoms with van der Waals surface area (Å²) < 4.78 is 34.1. The van der Waals surface area contributed by atoms with Gasteiger partial charge in [0.15, 0.2) is 0 Å². The normalized spacial score (nSPS) is 10.6. The van der Waals surface area contributed by atoms with Gasteiger partial charge in [0, 0.05) is 23.4 Å². The highest BCUT2D eigenvalue weighted by molar-refractivity contribution is 7.99. The predicted octanol–water partition coefficient (Wildman–Crippen LogP) is 4.98. The average Bonchev–Trinajstić information content (AvgIpc) is 3.17. The number of alkyl halides is 2. The summed E-state index contributed by atoms with van der Waals surface area (Å²) in [6, 6.07) is 12.4. The molecule has 0 bridgehead atoms. The van der Waals surface area contributed by atoms with Crippen LogP contribution in [-0.4, -0.2) is 28.5 Å². The molecule has 0 spiro atoms. The van der Waals surface area contributed by atoms with E-state index >= 15 is 0 Å². The van der Waals surface area contributed by atoms with Gasteiger partial charge in [0.25, 0.3) is 5.22 Å². The molecule has 1 N–H and O–H groups in total. The maximum atomic E-state index is 12.2. The highest BCUT2D eigenvalue weighted by atomic mass is 35.5. The minimum absolute atomic E-state index is 0.0254. The van der Waals surface area contributed by atoms with E-state index in [-0.39, 0.29) is 34.2 Å². The third-order valence-electron chi connectivity index (χ3n) is 3.66. The van der Waals surface area contributed by atoms with Gasteiger partial charge in [-0.25, -0.2) is 0 Å². The second-order valence-electron chi connectivity index (χ2n) is 5.73. The molecular formula is C19H13ClF2N4O3S. The van der Waals surface area contributed by atoms with Gasteiger partial charge in [0.05, 0.1) is 10.6 Å². The van der Waals surface area contributed by atoms with Crippen LogP contribution in [0, 0.1) is 11.3 Å². The van der Waals surface area contributed by atoms with Gasteiger partial charge in [-0.3, -0.25) is 4.79 Å². The van der Waals surface area contributed by atoms with Crippen molar-refractivity contribution in [3.05, 3.63) is 53.1 Å². The fourth-order valence-electron chi connectivity index (χ4n) is 2.30. The number of rotatable bonds is 8. The number of nitrogens with one attached hydrogen (secondary N) is 1. The lowest BCUT2D eigenvalue weighted by molar-refractivity contribution is -0.115. The first-order valence-corrected chi connectivity index (χ1v) is 9.82. The van der Waals surface area contributed by atoms with Gasteiger partial charge in [-0.2, -0.15) is 14.0 Å². The van der Waals surface area contributed by atoms with E-state index < -0.39 is 6.61 Å². The minimum atomic E-state index is -2.90. The quantitative estimate of drug-likeness (QED) is 0.482. The van der Waals surface area contributed by atoms with E-state index in [1.54, 1.807) is 6.07 Å². The third-order valence-corrected chi connectivity index (χ3v) is 4.79. The maximum Gasteiger partial charge on any atom is 0.387 e. The van der Waals surface area contributed by atoms with E-state index in [4.69, 9.17) is 21.3 Å². The van der Waals surface area contributed by atoms with Gasteiger partial charge in [-0.05, 0) is 42.5 Å². The van der Waals surface area contributed by atoms with Crippen molar-refractivity contribution in [2.45, 2.75) is 18.3 Å². The van der Waals surface area contributed by atoms with Crippen LogP contribution in [0.2, 0.25) is 5.02 Å². The number of thioether (sulfide) groups is 1. The monoisotopic (exact) mass is 450 g/mol. The molecule has 0 aliphatic heterocycles. The van der Waals surface area contributed by atoms with E-state index in [1.807, 2.05) is 6.07 Å². The van der Waals surface area contributed by atoms with Crippen LogP contribution in [0.4, 0.5) is 14.5 Å². The summed E-state index contributed by atoms with van der Waals surface area (Å²) in [6.45, 7) is -2.90. The number of benzene rings is 2. The summed E-state index contributed by atoms with van der Waals surface area (Å²) in [5.74, 6) is 0.395. The van der Waals surface area contributed by atoms with E-state index in [0.29, 0.717) is 22.6 Å². The molecule has 3 aromatic rings. The number of aromatic nitrogens is 2. The van der Waals surface area contributed by atoms with Crippen molar-refractivity contribution in [1.29, 1.82) is 5.26 Å². The Morgan fingerprint density at radius 1 is 1.27 bits per heavy atom. The fourth-order valence-corrected chi connectivity index (χ4v) is 3.22. The molecule has 11 heteroatoms. The number of carbonyl (C=O) groups excluding carboxylic acids is 1. The number of nitriles is 1. The molecule has 30 heavy (non-hydrogen) atoms. The maximum absolute atomic E-state index is 12.2. The third kappa shape index (κ3) is 5.92. The van der Waals surface area contributed by atoms with Crippen LogP contribution in [0.25, 0.3) is 11.5 Å². The molecule has 7 nitrogen and oxygen atoms in total. The Bertz CT molecular complexity index is 1070. The molecule has 0 aliphatic carbocycles. The highest BCUT2D eigenvalue weighted by Crippen LogP contribution is 2.26. The summed E-state index contributed by atoms with van der Waals surface area (Å²) in [4.78, 5) is 12.0. The predicted molar refractivity (Wildman–Crippen MR) is 107 cm³/mol. The number of hydrogen-bond acceptors (Lipinski definition) is 7. The number of carbonyl (C=O) groups is 1. The first-order valence-electron chi connectivity index (χ1n) is 8.45. The van der Waals surface area contributed by atoms with Crippen LogP contribution >= 0.6 is 23.4 Å². The van der Waals surface area contributed by atoms with E-state index in [2.05, 4.69) is 20.3 Å².